The molecule has 3 aromatic rings. The largest absolute Gasteiger partial charge is 0.497 e. The molecule has 0 bridgehead atoms. The molecule has 0 aliphatic rings. The maximum atomic E-state index is 12.9. The van der Waals surface area contributed by atoms with Gasteiger partial charge in [0.2, 0.25) is 5.88 Å². The van der Waals surface area contributed by atoms with Crippen molar-refractivity contribution >= 4 is 6.21 Å². The van der Waals surface area contributed by atoms with E-state index in [1.54, 1.807) is 36.4 Å². The number of hydrogen-bond acceptors (Lipinski definition) is 5. The Hall–Kier alpha value is -3.68. The SMILES string of the molecule is COc1ccc(-n2c(O)c(C=NCc3ccc(F)cc3)c(=O)[nH]c2=O)cc1. The van der Waals surface area contributed by atoms with E-state index < -0.39 is 17.1 Å². The predicted molar refractivity (Wildman–Crippen MR) is 98.6 cm³/mol. The minimum atomic E-state index is -0.779. The van der Waals surface area contributed by atoms with Crippen molar-refractivity contribution in [1.82, 2.24) is 9.55 Å². The number of aromatic amines is 1. The highest BCUT2D eigenvalue weighted by Gasteiger charge is 2.14. The molecule has 1 aromatic heterocycles. The molecule has 138 valence electrons. The van der Waals surface area contributed by atoms with E-state index in [0.717, 1.165) is 10.1 Å². The van der Waals surface area contributed by atoms with E-state index in [0.29, 0.717) is 11.4 Å². The van der Waals surface area contributed by atoms with Crippen LogP contribution in [0.25, 0.3) is 5.69 Å². The van der Waals surface area contributed by atoms with Crippen molar-refractivity contribution in [3.63, 3.8) is 0 Å². The molecular formula is C19H16FN3O4. The molecule has 2 aromatic carbocycles. The molecule has 0 amide bonds. The molecule has 0 saturated heterocycles. The molecule has 0 atom stereocenters. The number of nitrogens with one attached hydrogen (secondary N) is 1. The maximum Gasteiger partial charge on any atom is 0.335 e. The average Bonchev–Trinajstić information content (AvgIpc) is 2.66. The van der Waals surface area contributed by atoms with Crippen LogP contribution >= 0.6 is 0 Å². The highest BCUT2D eigenvalue weighted by atomic mass is 19.1. The Morgan fingerprint density at radius 1 is 1.15 bits per heavy atom. The molecule has 0 aliphatic carbocycles. The lowest BCUT2D eigenvalue weighted by Gasteiger charge is -2.10. The third-order valence-corrected chi connectivity index (χ3v) is 3.86. The molecule has 2 N–H and O–H groups in total. The van der Waals surface area contributed by atoms with Gasteiger partial charge in [0.05, 0.1) is 19.3 Å². The molecular weight excluding hydrogens is 353 g/mol. The van der Waals surface area contributed by atoms with Crippen molar-refractivity contribution in [3.05, 3.63) is 86.3 Å². The molecule has 0 spiro atoms. The summed E-state index contributed by atoms with van der Waals surface area (Å²) in [5, 5.41) is 10.4. The van der Waals surface area contributed by atoms with Crippen LogP contribution in [0.1, 0.15) is 11.1 Å². The van der Waals surface area contributed by atoms with Gasteiger partial charge in [-0.1, -0.05) is 12.1 Å². The number of ether oxygens (including phenoxy) is 1. The van der Waals surface area contributed by atoms with Gasteiger partial charge in [-0.05, 0) is 42.0 Å². The standard InChI is InChI=1S/C19H16FN3O4/c1-27-15-8-6-14(7-9-15)23-18(25)16(17(24)22-19(23)26)11-21-10-12-2-4-13(20)5-3-12/h2-9,11,25H,10H2,1H3,(H,22,24,26). The monoisotopic (exact) mass is 369 g/mol. The summed E-state index contributed by atoms with van der Waals surface area (Å²) >= 11 is 0. The van der Waals surface area contributed by atoms with E-state index in [-0.39, 0.29) is 17.9 Å². The van der Waals surface area contributed by atoms with E-state index in [4.69, 9.17) is 4.74 Å². The molecule has 1 heterocycles. The van der Waals surface area contributed by atoms with E-state index >= 15 is 0 Å². The van der Waals surface area contributed by atoms with Crippen LogP contribution in [0.5, 0.6) is 11.6 Å². The minimum absolute atomic E-state index is 0.160. The highest BCUT2D eigenvalue weighted by Crippen LogP contribution is 2.18. The molecule has 0 fully saturated rings. The zero-order chi connectivity index (χ0) is 19.4. The molecule has 0 aliphatic heterocycles. The summed E-state index contributed by atoms with van der Waals surface area (Å²) in [5.74, 6) is -0.308. The van der Waals surface area contributed by atoms with E-state index in [1.807, 2.05) is 0 Å². The molecule has 0 radical (unpaired) electrons. The van der Waals surface area contributed by atoms with E-state index in [9.17, 15) is 19.1 Å². The van der Waals surface area contributed by atoms with Crippen LogP contribution in [0.3, 0.4) is 0 Å². The normalized spacial score (nSPS) is 11.0. The molecule has 7 nitrogen and oxygen atoms in total. The molecule has 0 unspecified atom stereocenters. The Morgan fingerprint density at radius 2 is 1.81 bits per heavy atom. The summed E-state index contributed by atoms with van der Waals surface area (Å²) in [6.45, 7) is 0.181. The number of benzene rings is 2. The fourth-order valence-corrected chi connectivity index (χ4v) is 2.46. The van der Waals surface area contributed by atoms with Crippen molar-refractivity contribution in [1.29, 1.82) is 0 Å². The van der Waals surface area contributed by atoms with Gasteiger partial charge < -0.3 is 9.84 Å². The smallest absolute Gasteiger partial charge is 0.335 e. The van der Waals surface area contributed by atoms with E-state index in [2.05, 4.69) is 9.98 Å². The predicted octanol–water partition coefficient (Wildman–Crippen LogP) is 2.00. The minimum Gasteiger partial charge on any atom is -0.497 e. The topological polar surface area (TPSA) is 96.7 Å². The second-order valence-electron chi connectivity index (χ2n) is 5.63. The summed E-state index contributed by atoms with van der Waals surface area (Å²) in [4.78, 5) is 30.4. The van der Waals surface area contributed by atoms with Gasteiger partial charge in [-0.15, -0.1) is 0 Å². The second-order valence-corrected chi connectivity index (χ2v) is 5.63. The number of nitrogens with zero attached hydrogens (tertiary/aromatic N) is 2. The summed E-state index contributed by atoms with van der Waals surface area (Å²) in [6, 6.07) is 12.1. The second kappa shape index (κ2) is 7.69. The van der Waals surface area contributed by atoms with Gasteiger partial charge in [-0.2, -0.15) is 0 Å². The molecule has 0 saturated carbocycles. The Bertz CT molecular complexity index is 1080. The first-order chi connectivity index (χ1) is 13.0. The molecule has 3 rings (SSSR count). The van der Waals surface area contributed by atoms with Gasteiger partial charge in [-0.3, -0.25) is 14.8 Å². The van der Waals surface area contributed by atoms with Crippen LogP contribution in [0.4, 0.5) is 4.39 Å². The van der Waals surface area contributed by atoms with Gasteiger partial charge in [0, 0.05) is 6.21 Å². The van der Waals surface area contributed by atoms with Crippen LogP contribution in [0, 0.1) is 5.82 Å². The first-order valence-electron chi connectivity index (χ1n) is 7.96. The van der Waals surface area contributed by atoms with Crippen LogP contribution < -0.4 is 16.0 Å². The first kappa shape index (κ1) is 18.1. The van der Waals surface area contributed by atoms with Crippen LogP contribution in [0.15, 0.2) is 63.1 Å². The number of aliphatic imine (C=N–C) groups is 1. The number of rotatable bonds is 5. The average molecular weight is 369 g/mol. The maximum absolute atomic E-state index is 12.9. The number of halogens is 1. The van der Waals surface area contributed by atoms with Crippen LogP contribution in [-0.2, 0) is 6.54 Å². The molecule has 8 heteroatoms. The van der Waals surface area contributed by atoms with Gasteiger partial charge >= 0.3 is 5.69 Å². The third-order valence-electron chi connectivity index (χ3n) is 3.86. The third kappa shape index (κ3) is 3.95. The highest BCUT2D eigenvalue weighted by molar-refractivity contribution is 5.82. The van der Waals surface area contributed by atoms with Gasteiger partial charge in [0.1, 0.15) is 17.1 Å². The zero-order valence-electron chi connectivity index (χ0n) is 14.3. The van der Waals surface area contributed by atoms with Crippen LogP contribution in [0.2, 0.25) is 0 Å². The number of H-pyrrole nitrogens is 1. The summed E-state index contributed by atoms with van der Waals surface area (Å²) in [7, 11) is 1.51. The number of aromatic nitrogens is 2. The summed E-state index contributed by atoms with van der Waals surface area (Å²) in [5.41, 5.74) is -0.620. The Labute approximate surface area is 153 Å². The number of hydrogen-bond donors (Lipinski definition) is 2. The summed E-state index contributed by atoms with van der Waals surface area (Å²) < 4.78 is 18.9. The van der Waals surface area contributed by atoms with Gasteiger partial charge in [0.25, 0.3) is 5.56 Å². The Balaban J connectivity index is 1.95. The Kier molecular flexibility index (Phi) is 5.16. The van der Waals surface area contributed by atoms with Gasteiger partial charge in [-0.25, -0.2) is 13.8 Å². The zero-order valence-corrected chi connectivity index (χ0v) is 14.3. The van der Waals surface area contributed by atoms with Gasteiger partial charge in [0.15, 0.2) is 0 Å². The van der Waals surface area contributed by atoms with E-state index in [1.165, 1.54) is 25.5 Å². The first-order valence-corrected chi connectivity index (χ1v) is 7.96. The van der Waals surface area contributed by atoms with Crippen molar-refractivity contribution in [2.45, 2.75) is 6.54 Å². The van der Waals surface area contributed by atoms with Crippen molar-refractivity contribution in [3.8, 4) is 17.3 Å². The lowest BCUT2D eigenvalue weighted by atomic mass is 10.2. The lowest BCUT2D eigenvalue weighted by molar-refractivity contribution is 0.414. The quantitative estimate of drug-likeness (QED) is 0.672. The van der Waals surface area contributed by atoms with Crippen molar-refractivity contribution in [2.24, 2.45) is 4.99 Å². The fraction of sp³-hybridized carbons (Fsp3) is 0.105. The number of aromatic hydroxyl groups is 1. The lowest BCUT2D eigenvalue weighted by Crippen LogP contribution is -2.31. The molecule has 27 heavy (non-hydrogen) atoms. The summed E-state index contributed by atoms with van der Waals surface area (Å²) in [6.07, 6.45) is 1.18. The van der Waals surface area contributed by atoms with Crippen molar-refractivity contribution < 1.29 is 14.2 Å². The Morgan fingerprint density at radius 3 is 2.44 bits per heavy atom. The number of methoxy groups -OCH3 is 1. The van der Waals surface area contributed by atoms with Crippen LogP contribution in [-0.4, -0.2) is 28.0 Å². The fourth-order valence-electron chi connectivity index (χ4n) is 2.46. The van der Waals surface area contributed by atoms with Crippen molar-refractivity contribution in [2.75, 3.05) is 7.11 Å².